The smallest absolute Gasteiger partial charge is 0.337 e. The summed E-state index contributed by atoms with van der Waals surface area (Å²) < 4.78 is 10.3. The van der Waals surface area contributed by atoms with Crippen molar-refractivity contribution in [2.45, 2.75) is 13.0 Å². The number of aromatic nitrogens is 1. The number of nitrogens with zero attached hydrogens (tertiary/aromatic N) is 1. The van der Waals surface area contributed by atoms with Gasteiger partial charge in [0.2, 0.25) is 5.91 Å². The minimum Gasteiger partial charge on any atom is -0.486 e. The monoisotopic (exact) mass is 416 g/mol. The molecule has 1 N–H and O–H groups in total. The highest BCUT2D eigenvalue weighted by Crippen LogP contribution is 2.19. The van der Waals surface area contributed by atoms with Crippen LogP contribution in [0.5, 0.6) is 5.75 Å². The lowest BCUT2D eigenvalue weighted by molar-refractivity contribution is -0.115. The normalized spacial score (nSPS) is 10.4. The molecular formula is C20H17ClN2O4S. The number of hydrogen-bond acceptors (Lipinski definition) is 6. The van der Waals surface area contributed by atoms with E-state index in [1.165, 1.54) is 18.4 Å². The number of benzene rings is 2. The van der Waals surface area contributed by atoms with Crippen LogP contribution in [0.15, 0.2) is 53.9 Å². The third-order valence-corrected chi connectivity index (χ3v) is 4.81. The van der Waals surface area contributed by atoms with E-state index in [0.717, 1.165) is 5.01 Å². The summed E-state index contributed by atoms with van der Waals surface area (Å²) in [6.45, 7) is 0.315. The van der Waals surface area contributed by atoms with Crippen molar-refractivity contribution >= 4 is 40.5 Å². The Morgan fingerprint density at radius 3 is 2.71 bits per heavy atom. The molecule has 0 bridgehead atoms. The van der Waals surface area contributed by atoms with E-state index in [-0.39, 0.29) is 12.3 Å². The molecule has 0 spiro atoms. The molecule has 0 atom stereocenters. The van der Waals surface area contributed by atoms with E-state index in [4.69, 9.17) is 16.3 Å². The van der Waals surface area contributed by atoms with Crippen molar-refractivity contribution in [3.63, 3.8) is 0 Å². The molecule has 28 heavy (non-hydrogen) atoms. The fraction of sp³-hybridized carbons (Fsp3) is 0.150. The van der Waals surface area contributed by atoms with Crippen LogP contribution >= 0.6 is 22.9 Å². The van der Waals surface area contributed by atoms with Crippen LogP contribution in [0.2, 0.25) is 5.02 Å². The van der Waals surface area contributed by atoms with Gasteiger partial charge in [-0.25, -0.2) is 9.78 Å². The van der Waals surface area contributed by atoms with Crippen LogP contribution in [-0.2, 0) is 22.6 Å². The van der Waals surface area contributed by atoms with Crippen LogP contribution in [0.1, 0.15) is 21.1 Å². The maximum atomic E-state index is 12.2. The maximum Gasteiger partial charge on any atom is 0.337 e. The molecular weight excluding hydrogens is 400 g/mol. The van der Waals surface area contributed by atoms with Gasteiger partial charge >= 0.3 is 5.97 Å². The molecule has 6 nitrogen and oxygen atoms in total. The van der Waals surface area contributed by atoms with E-state index >= 15 is 0 Å². The summed E-state index contributed by atoms with van der Waals surface area (Å²) in [7, 11) is 1.31. The fourth-order valence-electron chi connectivity index (χ4n) is 2.38. The lowest BCUT2D eigenvalue weighted by atomic mass is 10.2. The molecule has 0 saturated carbocycles. The Kier molecular flexibility index (Phi) is 6.62. The summed E-state index contributed by atoms with van der Waals surface area (Å²) in [6, 6.07) is 13.6. The predicted octanol–water partition coefficient (Wildman–Crippen LogP) is 4.34. The minimum atomic E-state index is -0.457. The maximum absolute atomic E-state index is 12.2. The highest BCUT2D eigenvalue weighted by molar-refractivity contribution is 7.09. The molecule has 0 radical (unpaired) electrons. The molecule has 1 heterocycles. The summed E-state index contributed by atoms with van der Waals surface area (Å²) in [6.07, 6.45) is 0.125. The summed E-state index contributed by atoms with van der Waals surface area (Å²) >= 11 is 7.27. The van der Waals surface area contributed by atoms with E-state index in [0.29, 0.717) is 34.3 Å². The van der Waals surface area contributed by atoms with Gasteiger partial charge in [0.05, 0.1) is 24.8 Å². The highest BCUT2D eigenvalue weighted by Gasteiger charge is 2.11. The van der Waals surface area contributed by atoms with E-state index in [1.807, 2.05) is 5.38 Å². The molecule has 1 amide bonds. The van der Waals surface area contributed by atoms with Crippen LogP contribution in [0, 0.1) is 0 Å². The lowest BCUT2D eigenvalue weighted by Gasteiger charge is -2.06. The summed E-state index contributed by atoms with van der Waals surface area (Å²) in [4.78, 5) is 28.2. The van der Waals surface area contributed by atoms with Crippen LogP contribution in [0.25, 0.3) is 0 Å². The van der Waals surface area contributed by atoms with Crippen LogP contribution in [-0.4, -0.2) is 24.0 Å². The van der Waals surface area contributed by atoms with Crippen LogP contribution < -0.4 is 10.1 Å². The number of esters is 1. The molecule has 2 aromatic carbocycles. The molecule has 0 aliphatic carbocycles. The molecule has 0 saturated heterocycles. The minimum absolute atomic E-state index is 0.125. The van der Waals surface area contributed by atoms with Gasteiger partial charge < -0.3 is 14.8 Å². The average molecular weight is 417 g/mol. The van der Waals surface area contributed by atoms with Crippen molar-refractivity contribution in [3.05, 3.63) is 75.2 Å². The van der Waals surface area contributed by atoms with Gasteiger partial charge in [-0.05, 0) is 42.5 Å². The Bertz CT molecular complexity index is 972. The first kappa shape index (κ1) is 19.9. The Morgan fingerprint density at radius 2 is 1.96 bits per heavy atom. The van der Waals surface area contributed by atoms with Gasteiger partial charge in [0.25, 0.3) is 0 Å². The van der Waals surface area contributed by atoms with Crippen molar-refractivity contribution in [1.29, 1.82) is 0 Å². The van der Waals surface area contributed by atoms with Gasteiger partial charge in [-0.2, -0.15) is 0 Å². The SMILES string of the molecule is COC(=O)c1cccc(NC(=O)Cc2csc(COc3ccc(Cl)cc3)n2)c1. The van der Waals surface area contributed by atoms with E-state index in [2.05, 4.69) is 15.0 Å². The number of thiazole rings is 1. The lowest BCUT2D eigenvalue weighted by Crippen LogP contribution is -2.15. The molecule has 0 aliphatic rings. The molecule has 3 aromatic rings. The number of carbonyl (C=O) groups excluding carboxylic acids is 2. The van der Waals surface area contributed by atoms with E-state index in [1.54, 1.807) is 48.5 Å². The topological polar surface area (TPSA) is 77.5 Å². The van der Waals surface area contributed by atoms with E-state index < -0.39 is 5.97 Å². The number of rotatable bonds is 7. The van der Waals surface area contributed by atoms with Crippen molar-refractivity contribution in [2.75, 3.05) is 12.4 Å². The first-order chi connectivity index (χ1) is 13.5. The van der Waals surface area contributed by atoms with Gasteiger partial charge in [-0.15, -0.1) is 11.3 Å². The Hall–Kier alpha value is -2.90. The second-order valence-corrected chi connectivity index (χ2v) is 7.15. The van der Waals surface area contributed by atoms with Crippen molar-refractivity contribution in [2.24, 2.45) is 0 Å². The fourth-order valence-corrected chi connectivity index (χ4v) is 3.21. The molecule has 0 unspecified atom stereocenters. The zero-order valence-corrected chi connectivity index (χ0v) is 16.5. The quantitative estimate of drug-likeness (QED) is 0.579. The molecule has 3 rings (SSSR count). The van der Waals surface area contributed by atoms with Gasteiger partial charge in [-0.3, -0.25) is 4.79 Å². The summed E-state index contributed by atoms with van der Waals surface area (Å²) in [5.41, 5.74) is 1.55. The third kappa shape index (κ3) is 5.55. The van der Waals surface area contributed by atoms with Gasteiger partial charge in [0.1, 0.15) is 17.4 Å². The Morgan fingerprint density at radius 1 is 1.18 bits per heavy atom. The zero-order chi connectivity index (χ0) is 19.9. The summed E-state index contributed by atoms with van der Waals surface area (Å²) in [5, 5.41) is 6.00. The zero-order valence-electron chi connectivity index (χ0n) is 15.0. The number of halogens is 1. The second-order valence-electron chi connectivity index (χ2n) is 5.77. The van der Waals surface area contributed by atoms with Gasteiger partial charge in [0.15, 0.2) is 0 Å². The van der Waals surface area contributed by atoms with Crippen molar-refractivity contribution < 1.29 is 19.1 Å². The summed E-state index contributed by atoms with van der Waals surface area (Å²) in [5.74, 6) is 0.0165. The molecule has 144 valence electrons. The van der Waals surface area contributed by atoms with Gasteiger partial charge in [0, 0.05) is 16.1 Å². The number of carbonyl (C=O) groups is 2. The number of methoxy groups -OCH3 is 1. The predicted molar refractivity (Wildman–Crippen MR) is 108 cm³/mol. The largest absolute Gasteiger partial charge is 0.486 e. The Labute approximate surface area is 171 Å². The second kappa shape index (κ2) is 9.34. The molecule has 1 aromatic heterocycles. The highest BCUT2D eigenvalue weighted by atomic mass is 35.5. The number of anilines is 1. The van der Waals surface area contributed by atoms with E-state index in [9.17, 15) is 9.59 Å². The Balaban J connectivity index is 1.53. The number of ether oxygens (including phenoxy) is 2. The average Bonchev–Trinajstić information content (AvgIpc) is 3.14. The molecule has 0 fully saturated rings. The third-order valence-electron chi connectivity index (χ3n) is 3.68. The number of hydrogen-bond donors (Lipinski definition) is 1. The molecule has 0 aliphatic heterocycles. The number of amides is 1. The molecule has 8 heteroatoms. The van der Waals surface area contributed by atoms with Crippen LogP contribution in [0.3, 0.4) is 0 Å². The van der Waals surface area contributed by atoms with Gasteiger partial charge in [-0.1, -0.05) is 17.7 Å². The van der Waals surface area contributed by atoms with Crippen LogP contribution in [0.4, 0.5) is 5.69 Å². The standard InChI is InChI=1S/C20H17ClN2O4S/c1-26-20(25)13-3-2-4-15(9-13)22-18(24)10-16-12-28-19(23-16)11-27-17-7-5-14(21)6-8-17/h2-9,12H,10-11H2,1H3,(H,22,24). The van der Waals surface area contributed by atoms with Crippen molar-refractivity contribution in [3.8, 4) is 5.75 Å². The first-order valence-electron chi connectivity index (χ1n) is 8.33. The van der Waals surface area contributed by atoms with Crippen molar-refractivity contribution in [1.82, 2.24) is 4.98 Å². The first-order valence-corrected chi connectivity index (χ1v) is 9.59. The number of nitrogens with one attached hydrogen (secondary N) is 1.